The lowest BCUT2D eigenvalue weighted by atomic mass is 10.3. The number of rotatable bonds is 0. The molecule has 0 spiro atoms. The minimum atomic E-state index is -0.287. The van der Waals surface area contributed by atoms with Crippen molar-refractivity contribution in [3.63, 3.8) is 0 Å². The van der Waals surface area contributed by atoms with Crippen molar-refractivity contribution < 1.29 is 4.39 Å². The van der Waals surface area contributed by atoms with E-state index in [9.17, 15) is 4.39 Å². The topological polar surface area (TPSA) is 26.0 Å². The largest absolute Gasteiger partial charge is 0.399 e. The number of hydrogen-bond acceptors (Lipinski definition) is 1. The molecule has 62 valence electrons. The number of hydrogen-bond donors (Lipinski definition) is 1. The second-order valence-corrected chi connectivity index (χ2v) is 2.46. The van der Waals surface area contributed by atoms with Crippen LogP contribution >= 0.6 is 23.2 Å². The molecule has 0 saturated heterocycles. The molecule has 0 saturated carbocycles. The quantitative estimate of drug-likeness (QED) is 0.501. The van der Waals surface area contributed by atoms with Gasteiger partial charge >= 0.3 is 0 Å². The molecule has 1 rings (SSSR count). The molecule has 1 aromatic rings. The summed E-state index contributed by atoms with van der Waals surface area (Å²) < 4.78 is 12.1. The van der Waals surface area contributed by atoms with E-state index in [4.69, 9.17) is 28.9 Å². The molecule has 0 amide bonds. The average molecular weight is 196 g/mol. The van der Waals surface area contributed by atoms with Gasteiger partial charge in [-0.3, -0.25) is 0 Å². The summed E-state index contributed by atoms with van der Waals surface area (Å²) in [5.41, 5.74) is 5.68. The summed E-state index contributed by atoms with van der Waals surface area (Å²) in [5.74, 6) is -0.287. The van der Waals surface area contributed by atoms with Gasteiger partial charge in [-0.25, -0.2) is 4.39 Å². The number of nitrogen functional groups attached to an aromatic ring is 1. The predicted octanol–water partition coefficient (Wildman–Crippen LogP) is 2.83. The van der Waals surface area contributed by atoms with Gasteiger partial charge in [0.25, 0.3) is 0 Å². The van der Waals surface area contributed by atoms with E-state index in [0.29, 0.717) is 5.69 Å². The molecule has 0 unspecified atom stereocenters. The summed E-state index contributed by atoms with van der Waals surface area (Å²) in [6, 6.07) is 5.85. The molecule has 0 atom stereocenters. The summed E-state index contributed by atoms with van der Waals surface area (Å²) in [4.78, 5) is 0. The van der Waals surface area contributed by atoms with Gasteiger partial charge in [-0.05, 0) is 18.2 Å². The Bertz CT molecular complexity index is 188. The lowest BCUT2D eigenvalue weighted by Gasteiger charge is -1.88. The van der Waals surface area contributed by atoms with Crippen molar-refractivity contribution >= 4 is 28.9 Å². The monoisotopic (exact) mass is 195 g/mol. The maximum Gasteiger partial charge on any atom is 0.125 e. The van der Waals surface area contributed by atoms with Gasteiger partial charge in [0.15, 0.2) is 0 Å². The van der Waals surface area contributed by atoms with Gasteiger partial charge in [0.05, 0.1) is 5.34 Å². The molecule has 0 aliphatic heterocycles. The van der Waals surface area contributed by atoms with Crippen LogP contribution in [-0.2, 0) is 0 Å². The van der Waals surface area contributed by atoms with Gasteiger partial charge in [0, 0.05) is 5.69 Å². The van der Waals surface area contributed by atoms with E-state index >= 15 is 0 Å². The molecular weight excluding hydrogens is 188 g/mol. The normalized spacial score (nSPS) is 8.27. The van der Waals surface area contributed by atoms with E-state index in [1.807, 2.05) is 0 Å². The van der Waals surface area contributed by atoms with Crippen LogP contribution in [0.25, 0.3) is 0 Å². The molecule has 1 nitrogen and oxygen atoms in total. The summed E-state index contributed by atoms with van der Waals surface area (Å²) in [6.45, 7) is 0. The van der Waals surface area contributed by atoms with Gasteiger partial charge in [0.2, 0.25) is 0 Å². The lowest BCUT2D eigenvalue weighted by Crippen LogP contribution is -1.83. The molecule has 0 radical (unpaired) electrons. The molecule has 0 heterocycles. The third kappa shape index (κ3) is 5.95. The van der Waals surface area contributed by atoms with E-state index in [0.717, 1.165) is 0 Å². The zero-order valence-corrected chi connectivity index (χ0v) is 7.24. The molecule has 0 bridgehead atoms. The summed E-state index contributed by atoms with van der Waals surface area (Å²) in [7, 11) is 0. The minimum Gasteiger partial charge on any atom is -0.399 e. The first-order chi connectivity index (χ1) is 5.20. The smallest absolute Gasteiger partial charge is 0.125 e. The van der Waals surface area contributed by atoms with E-state index < -0.39 is 0 Å². The van der Waals surface area contributed by atoms with E-state index in [1.54, 1.807) is 12.1 Å². The van der Waals surface area contributed by atoms with Crippen LogP contribution in [0.15, 0.2) is 24.3 Å². The van der Waals surface area contributed by atoms with E-state index in [1.165, 1.54) is 12.1 Å². The third-order valence-corrected chi connectivity index (χ3v) is 0.849. The SMILES string of the molecule is ClCCl.Nc1cccc(F)c1. The van der Waals surface area contributed by atoms with Crippen LogP contribution in [0, 0.1) is 5.82 Å². The standard InChI is InChI=1S/C6H6FN.CH2Cl2/c7-5-2-1-3-6(8)4-5;2-1-3/h1-4H,8H2;1H2. The molecule has 0 aliphatic rings. The number of anilines is 1. The summed E-state index contributed by atoms with van der Waals surface area (Å²) in [5, 5.41) is 0.194. The second-order valence-electron chi connectivity index (χ2n) is 1.66. The van der Waals surface area contributed by atoms with Crippen LogP contribution < -0.4 is 5.73 Å². The minimum absolute atomic E-state index is 0.194. The molecule has 2 N–H and O–H groups in total. The molecule has 4 heteroatoms. The molecule has 1 aromatic carbocycles. The number of nitrogens with two attached hydrogens (primary N) is 1. The van der Waals surface area contributed by atoms with Crippen LogP contribution in [0.2, 0.25) is 0 Å². The van der Waals surface area contributed by atoms with Crippen molar-refractivity contribution in [2.75, 3.05) is 11.1 Å². The molecular formula is C7H8Cl2FN. The maximum absolute atomic E-state index is 12.1. The first-order valence-electron chi connectivity index (χ1n) is 2.83. The third-order valence-electron chi connectivity index (χ3n) is 0.849. The number of alkyl halides is 2. The fraction of sp³-hybridized carbons (Fsp3) is 0.143. The zero-order valence-electron chi connectivity index (χ0n) is 5.73. The fourth-order valence-corrected chi connectivity index (χ4v) is 0.507. The molecule has 0 aliphatic carbocycles. The second kappa shape index (κ2) is 6.25. The first-order valence-corrected chi connectivity index (χ1v) is 3.90. The first kappa shape index (κ1) is 10.5. The van der Waals surface area contributed by atoms with E-state index in [-0.39, 0.29) is 11.2 Å². The highest BCUT2D eigenvalue weighted by Crippen LogP contribution is 2.02. The Labute approximate surface area is 74.9 Å². The van der Waals surface area contributed by atoms with Crippen LogP contribution in [0.5, 0.6) is 0 Å². The predicted molar refractivity (Wildman–Crippen MR) is 47.4 cm³/mol. The van der Waals surface area contributed by atoms with Crippen molar-refractivity contribution in [3.05, 3.63) is 30.1 Å². The molecule has 11 heavy (non-hydrogen) atoms. The van der Waals surface area contributed by atoms with Gasteiger partial charge < -0.3 is 5.73 Å². The van der Waals surface area contributed by atoms with Gasteiger partial charge in [-0.15, -0.1) is 23.2 Å². The fourth-order valence-electron chi connectivity index (χ4n) is 0.507. The Kier molecular flexibility index (Phi) is 5.99. The highest BCUT2D eigenvalue weighted by molar-refractivity contribution is 6.40. The van der Waals surface area contributed by atoms with Gasteiger partial charge in [0.1, 0.15) is 5.82 Å². The van der Waals surface area contributed by atoms with Crippen LogP contribution in [0.3, 0.4) is 0 Å². The van der Waals surface area contributed by atoms with Crippen molar-refractivity contribution in [1.82, 2.24) is 0 Å². The highest BCUT2D eigenvalue weighted by atomic mass is 35.5. The molecule has 0 aromatic heterocycles. The van der Waals surface area contributed by atoms with Crippen molar-refractivity contribution in [1.29, 1.82) is 0 Å². The van der Waals surface area contributed by atoms with Crippen molar-refractivity contribution in [2.24, 2.45) is 0 Å². The molecule has 0 fully saturated rings. The van der Waals surface area contributed by atoms with Crippen LogP contribution in [-0.4, -0.2) is 5.34 Å². The Hall–Kier alpha value is -0.470. The van der Waals surface area contributed by atoms with Gasteiger partial charge in [-0.2, -0.15) is 0 Å². The lowest BCUT2D eigenvalue weighted by molar-refractivity contribution is 0.628. The van der Waals surface area contributed by atoms with Crippen molar-refractivity contribution in [3.8, 4) is 0 Å². The number of halogens is 3. The van der Waals surface area contributed by atoms with Crippen LogP contribution in [0.4, 0.5) is 10.1 Å². The Morgan fingerprint density at radius 1 is 1.36 bits per heavy atom. The summed E-state index contributed by atoms with van der Waals surface area (Å²) in [6.07, 6.45) is 0. The Balaban J connectivity index is 0.000000292. The van der Waals surface area contributed by atoms with E-state index in [2.05, 4.69) is 0 Å². The highest BCUT2D eigenvalue weighted by Gasteiger charge is 1.85. The zero-order chi connectivity index (χ0) is 8.69. The van der Waals surface area contributed by atoms with Crippen molar-refractivity contribution in [2.45, 2.75) is 0 Å². The maximum atomic E-state index is 12.1. The Morgan fingerprint density at radius 3 is 2.18 bits per heavy atom. The number of benzene rings is 1. The summed E-state index contributed by atoms with van der Waals surface area (Å²) >= 11 is 9.53. The average Bonchev–Trinajstić information content (AvgIpc) is 1.88. The Morgan fingerprint density at radius 2 is 1.91 bits per heavy atom. The van der Waals surface area contributed by atoms with Gasteiger partial charge in [-0.1, -0.05) is 6.07 Å². The van der Waals surface area contributed by atoms with Crippen LogP contribution in [0.1, 0.15) is 0 Å².